The molecule has 0 radical (unpaired) electrons. The molecule has 0 aromatic carbocycles. The van der Waals surface area contributed by atoms with Crippen LogP contribution >= 0.6 is 0 Å². The van der Waals surface area contributed by atoms with Crippen LogP contribution in [0.1, 0.15) is 60.8 Å². The van der Waals surface area contributed by atoms with Crippen molar-refractivity contribution < 1.29 is 23.9 Å². The molecule has 1 rings (SSSR count). The maximum absolute atomic E-state index is 13.3. The van der Waals surface area contributed by atoms with Crippen LogP contribution in [0.4, 0.5) is 0 Å². The van der Waals surface area contributed by atoms with Crippen LogP contribution in [0.15, 0.2) is 0 Å². The van der Waals surface area contributed by atoms with E-state index in [4.69, 9.17) is 11.2 Å². The van der Waals surface area contributed by atoms with E-state index in [0.717, 1.165) is 0 Å². The lowest BCUT2D eigenvalue weighted by molar-refractivity contribution is -0.145. The number of carbonyl (C=O) groups excluding carboxylic acids is 4. The quantitative estimate of drug-likeness (QED) is 0.276. The van der Waals surface area contributed by atoms with Crippen molar-refractivity contribution in [3.05, 3.63) is 0 Å². The number of amides is 3. The summed E-state index contributed by atoms with van der Waals surface area (Å²) in [6, 6.07) is -1.74. The predicted octanol–water partition coefficient (Wildman–Crippen LogP) is 1.77. The fourth-order valence-electron chi connectivity index (χ4n) is 3.74. The van der Waals surface area contributed by atoms with E-state index in [0.29, 0.717) is 18.9 Å². The maximum atomic E-state index is 13.3. The Hall–Kier alpha value is -2.40. The second kappa shape index (κ2) is 12.7. The van der Waals surface area contributed by atoms with E-state index in [-0.39, 0.29) is 49.2 Å². The standard InChI is InChI=1S/C25H41N3O5/c1-9-10-11-19(21(29)23(31)26-12-13-33-8)27-22(30)20-14-18(16(2)3)15-28(20)24(32)17(4)25(5,6)7/h1,16-20H,10-15H2,2-8H3,(H,26,31)(H,27,30). The second-order valence-electron chi connectivity index (χ2n) is 10.3. The molecule has 0 aliphatic carbocycles. The number of likely N-dealkylation sites (tertiary alicyclic amines) is 1. The summed E-state index contributed by atoms with van der Waals surface area (Å²) in [5, 5.41) is 5.20. The number of rotatable bonds is 11. The average molecular weight is 464 g/mol. The van der Waals surface area contributed by atoms with Crippen molar-refractivity contribution in [3.8, 4) is 12.3 Å². The second-order valence-corrected chi connectivity index (χ2v) is 10.3. The first-order valence-electron chi connectivity index (χ1n) is 11.7. The van der Waals surface area contributed by atoms with Gasteiger partial charge < -0.3 is 20.3 Å². The van der Waals surface area contributed by atoms with E-state index in [1.54, 1.807) is 4.90 Å². The van der Waals surface area contributed by atoms with Crippen molar-refractivity contribution in [1.82, 2.24) is 15.5 Å². The Morgan fingerprint density at radius 2 is 1.82 bits per heavy atom. The Kier molecular flexibility index (Phi) is 11.1. The molecule has 0 saturated carbocycles. The van der Waals surface area contributed by atoms with Gasteiger partial charge in [-0.25, -0.2) is 0 Å². The summed E-state index contributed by atoms with van der Waals surface area (Å²) in [6.45, 7) is 13.0. The van der Waals surface area contributed by atoms with Crippen molar-refractivity contribution in [3.63, 3.8) is 0 Å². The summed E-state index contributed by atoms with van der Waals surface area (Å²) >= 11 is 0. The van der Waals surface area contributed by atoms with Gasteiger partial charge in [0, 0.05) is 32.5 Å². The number of carbonyl (C=O) groups is 4. The molecule has 1 aliphatic rings. The van der Waals surface area contributed by atoms with E-state index in [1.807, 2.05) is 27.7 Å². The third-order valence-electron chi connectivity index (χ3n) is 6.56. The third-order valence-corrected chi connectivity index (χ3v) is 6.56. The van der Waals surface area contributed by atoms with Crippen molar-refractivity contribution in [2.45, 2.75) is 72.9 Å². The Morgan fingerprint density at radius 3 is 2.33 bits per heavy atom. The summed E-state index contributed by atoms with van der Waals surface area (Å²) in [6.07, 6.45) is 6.24. The lowest BCUT2D eigenvalue weighted by atomic mass is 9.81. The first-order valence-corrected chi connectivity index (χ1v) is 11.7. The minimum atomic E-state index is -1.05. The molecule has 0 aromatic rings. The largest absolute Gasteiger partial charge is 0.383 e. The number of hydrogen-bond acceptors (Lipinski definition) is 5. The smallest absolute Gasteiger partial charge is 0.289 e. The molecule has 8 heteroatoms. The van der Waals surface area contributed by atoms with Gasteiger partial charge in [-0.3, -0.25) is 19.2 Å². The van der Waals surface area contributed by atoms with Crippen LogP contribution in [-0.2, 0) is 23.9 Å². The Bertz CT molecular complexity index is 750. The number of nitrogens with one attached hydrogen (secondary N) is 2. The molecule has 2 N–H and O–H groups in total. The van der Waals surface area contributed by atoms with Gasteiger partial charge in [0.15, 0.2) is 0 Å². The zero-order valence-corrected chi connectivity index (χ0v) is 21.2. The number of methoxy groups -OCH3 is 1. The fourth-order valence-corrected chi connectivity index (χ4v) is 3.74. The highest BCUT2D eigenvalue weighted by Crippen LogP contribution is 2.34. The van der Waals surface area contributed by atoms with Gasteiger partial charge in [-0.1, -0.05) is 41.5 Å². The summed E-state index contributed by atoms with van der Waals surface area (Å²) < 4.78 is 4.88. The number of hydrogen-bond donors (Lipinski definition) is 2. The molecular formula is C25H41N3O5. The number of nitrogens with zero attached hydrogens (tertiary/aromatic N) is 1. The zero-order chi connectivity index (χ0) is 25.3. The molecule has 4 unspecified atom stereocenters. The van der Waals surface area contributed by atoms with Crippen molar-refractivity contribution >= 4 is 23.5 Å². The van der Waals surface area contributed by atoms with Crippen molar-refractivity contribution in [1.29, 1.82) is 0 Å². The van der Waals surface area contributed by atoms with Crippen LogP contribution in [0.3, 0.4) is 0 Å². The number of terminal acetylenes is 1. The average Bonchev–Trinajstić information content (AvgIpc) is 3.20. The lowest BCUT2D eigenvalue weighted by Gasteiger charge is -2.33. The van der Waals surface area contributed by atoms with Gasteiger partial charge in [0.25, 0.3) is 5.91 Å². The molecule has 1 heterocycles. The number of Topliss-reactive ketones (excluding diaryl/α,β-unsaturated/α-hetero) is 1. The van der Waals surface area contributed by atoms with Crippen LogP contribution in [0, 0.1) is 35.5 Å². The molecule has 3 amide bonds. The van der Waals surface area contributed by atoms with E-state index < -0.39 is 29.7 Å². The predicted molar refractivity (Wildman–Crippen MR) is 127 cm³/mol. The monoisotopic (exact) mass is 463 g/mol. The molecule has 1 fully saturated rings. The Morgan fingerprint density at radius 1 is 1.18 bits per heavy atom. The number of ether oxygens (including phenoxy) is 1. The van der Waals surface area contributed by atoms with Gasteiger partial charge in [-0.2, -0.15) is 0 Å². The van der Waals surface area contributed by atoms with Crippen LogP contribution in [0.25, 0.3) is 0 Å². The topological polar surface area (TPSA) is 105 Å². The lowest BCUT2D eigenvalue weighted by Crippen LogP contribution is -2.54. The molecule has 1 aliphatic heterocycles. The van der Waals surface area contributed by atoms with Crippen LogP contribution in [0.5, 0.6) is 0 Å². The van der Waals surface area contributed by atoms with Gasteiger partial charge in [0.05, 0.1) is 12.6 Å². The summed E-state index contributed by atoms with van der Waals surface area (Å²) in [5.74, 6) is 0.599. The molecule has 0 spiro atoms. The number of ketones is 1. The molecule has 33 heavy (non-hydrogen) atoms. The highest BCUT2D eigenvalue weighted by Gasteiger charge is 2.44. The fraction of sp³-hybridized carbons (Fsp3) is 0.760. The summed E-state index contributed by atoms with van der Waals surface area (Å²) in [5.41, 5.74) is -0.250. The van der Waals surface area contributed by atoms with E-state index in [2.05, 4.69) is 30.4 Å². The minimum absolute atomic E-state index is 0.0744. The van der Waals surface area contributed by atoms with E-state index in [1.165, 1.54) is 7.11 Å². The van der Waals surface area contributed by atoms with E-state index >= 15 is 0 Å². The Balaban J connectivity index is 3.05. The van der Waals surface area contributed by atoms with Crippen LogP contribution in [-0.4, -0.2) is 67.3 Å². The van der Waals surface area contributed by atoms with Crippen molar-refractivity contribution in [2.75, 3.05) is 26.8 Å². The van der Waals surface area contributed by atoms with Gasteiger partial charge in [-0.05, 0) is 30.1 Å². The molecule has 0 bridgehead atoms. The SMILES string of the molecule is C#CCCC(NC(=O)C1CC(C(C)C)CN1C(=O)C(C)C(C)(C)C)C(=O)C(=O)NCCOC. The summed E-state index contributed by atoms with van der Waals surface area (Å²) in [7, 11) is 1.49. The van der Waals surface area contributed by atoms with Crippen LogP contribution < -0.4 is 10.6 Å². The first kappa shape index (κ1) is 28.6. The van der Waals surface area contributed by atoms with Gasteiger partial charge >= 0.3 is 0 Å². The van der Waals surface area contributed by atoms with Gasteiger partial charge in [0.1, 0.15) is 6.04 Å². The minimum Gasteiger partial charge on any atom is -0.383 e. The Labute approximate surface area is 198 Å². The summed E-state index contributed by atoms with van der Waals surface area (Å²) in [4.78, 5) is 53.2. The highest BCUT2D eigenvalue weighted by atomic mass is 16.5. The highest BCUT2D eigenvalue weighted by molar-refractivity contribution is 6.38. The van der Waals surface area contributed by atoms with E-state index in [9.17, 15) is 19.2 Å². The molecule has 1 saturated heterocycles. The van der Waals surface area contributed by atoms with Gasteiger partial charge in [-0.15, -0.1) is 12.3 Å². The normalized spacial score (nSPS) is 20.2. The molecule has 8 nitrogen and oxygen atoms in total. The molecule has 4 atom stereocenters. The maximum Gasteiger partial charge on any atom is 0.289 e. The third kappa shape index (κ3) is 8.15. The first-order chi connectivity index (χ1) is 15.3. The van der Waals surface area contributed by atoms with Gasteiger partial charge in [0.2, 0.25) is 17.6 Å². The van der Waals surface area contributed by atoms with Crippen molar-refractivity contribution in [2.24, 2.45) is 23.2 Å². The molecule has 186 valence electrons. The van der Waals surface area contributed by atoms with Crippen LogP contribution in [0.2, 0.25) is 0 Å². The molecular weight excluding hydrogens is 422 g/mol. The zero-order valence-electron chi connectivity index (χ0n) is 21.2. The molecule has 0 aromatic heterocycles.